The van der Waals surface area contributed by atoms with E-state index in [4.69, 9.17) is 0 Å². The first-order valence-electron chi connectivity index (χ1n) is 3.28. The van der Waals surface area contributed by atoms with E-state index in [0.717, 1.165) is 5.92 Å². The zero-order valence-corrected chi connectivity index (χ0v) is 9.35. The molecule has 0 spiro atoms. The molecular weight excluding hydrogens is 187 g/mol. The minimum atomic E-state index is 0. The molecule has 1 fully saturated rings. The predicted molar refractivity (Wildman–Crippen MR) is 35.3 cm³/mol. The first-order chi connectivity index (χ1) is 3.72. The van der Waals surface area contributed by atoms with Crippen LogP contribution >= 0.6 is 0 Å². The molecule has 2 heteroatoms. The molecule has 1 aliphatic rings. The van der Waals surface area contributed by atoms with Crippen molar-refractivity contribution in [3.63, 3.8) is 0 Å². The maximum Gasteiger partial charge on any atom is 0 e. The van der Waals surface area contributed by atoms with Crippen LogP contribution in [0.2, 0.25) is 0 Å². The van der Waals surface area contributed by atoms with E-state index >= 15 is 0 Å². The molecule has 0 aliphatic carbocycles. The van der Waals surface area contributed by atoms with Crippen LogP contribution in [-0.2, 0) is 32.7 Å². The fourth-order valence-electron chi connectivity index (χ4n) is 1.19. The zero-order valence-electron chi connectivity index (χ0n) is 6.52. The van der Waals surface area contributed by atoms with E-state index in [1.807, 2.05) is 0 Å². The van der Waals surface area contributed by atoms with Crippen LogP contribution in [0.1, 0.15) is 20.3 Å². The van der Waals surface area contributed by atoms with Gasteiger partial charge in [0.25, 0.3) is 0 Å². The van der Waals surface area contributed by atoms with Crippen LogP contribution in [0.25, 0.3) is 0 Å². The van der Waals surface area contributed by atoms with E-state index in [1.165, 1.54) is 13.0 Å². The van der Waals surface area contributed by atoms with Gasteiger partial charge in [0.15, 0.2) is 0 Å². The maximum absolute atomic E-state index is 2.34. The normalized spacial score (nSPS) is 21.3. The third-order valence-electron chi connectivity index (χ3n) is 1.86. The molecule has 1 saturated heterocycles. The number of hydrogen-bond donors (Lipinski definition) is 0. The van der Waals surface area contributed by atoms with Crippen molar-refractivity contribution in [1.29, 1.82) is 0 Å². The Morgan fingerprint density at radius 2 is 2.00 bits per heavy atom. The van der Waals surface area contributed by atoms with Gasteiger partial charge in [0.05, 0.1) is 0 Å². The van der Waals surface area contributed by atoms with Crippen molar-refractivity contribution in [2.45, 2.75) is 20.3 Å². The van der Waals surface area contributed by atoms with Gasteiger partial charge in [-0.05, 0) is 7.05 Å². The smallest absolute Gasteiger partial charge is 0 e. The molecule has 1 radical (unpaired) electrons. The molecule has 1 aliphatic heterocycles. The van der Waals surface area contributed by atoms with Crippen LogP contribution in [0, 0.1) is 12.0 Å². The molecule has 0 amide bonds. The van der Waals surface area contributed by atoms with E-state index < -0.39 is 0 Å². The molecule has 0 aromatic heterocycles. The van der Waals surface area contributed by atoms with Crippen LogP contribution in [0.15, 0.2) is 0 Å². The number of rotatable bonds is 1. The van der Waals surface area contributed by atoms with Crippen molar-refractivity contribution in [3.05, 3.63) is 6.04 Å². The van der Waals surface area contributed by atoms with Gasteiger partial charge < -0.3 is 4.90 Å². The number of nitrogens with zero attached hydrogens (tertiary/aromatic N) is 1. The molecule has 51 valence electrons. The van der Waals surface area contributed by atoms with E-state index in [2.05, 4.69) is 25.8 Å². The average molecular weight is 201 g/mol. The van der Waals surface area contributed by atoms with Crippen molar-refractivity contribution < 1.29 is 32.7 Å². The van der Waals surface area contributed by atoms with Gasteiger partial charge in [-0.15, -0.1) is 0 Å². The van der Waals surface area contributed by atoms with Gasteiger partial charge in [-0.2, -0.15) is 12.3 Å². The Morgan fingerprint density at radius 3 is 2.00 bits per heavy atom. The second-order valence-electron chi connectivity index (χ2n) is 2.82. The first-order valence-corrected chi connectivity index (χ1v) is 3.28. The molecule has 9 heavy (non-hydrogen) atoms. The van der Waals surface area contributed by atoms with Crippen molar-refractivity contribution in [3.8, 4) is 0 Å². The Kier molecular flexibility index (Phi) is 4.53. The third kappa shape index (κ3) is 2.29. The second-order valence-corrected chi connectivity index (χ2v) is 2.82. The Hall–Kier alpha value is 1.06. The SMILES string of the molecule is CC(C)[C-]1CCN1C.[Y]. The monoisotopic (exact) mass is 201 g/mol. The minimum Gasteiger partial charge on any atom is -0.458 e. The van der Waals surface area contributed by atoms with Crippen LogP contribution < -0.4 is 0 Å². The van der Waals surface area contributed by atoms with E-state index in [9.17, 15) is 0 Å². The Labute approximate surface area is 83.1 Å². The molecule has 0 unspecified atom stereocenters. The topological polar surface area (TPSA) is 3.24 Å². The summed E-state index contributed by atoms with van der Waals surface area (Å²) in [5.74, 6) is 0.772. The molecule has 0 N–H and O–H groups in total. The van der Waals surface area contributed by atoms with E-state index in [0.29, 0.717) is 0 Å². The van der Waals surface area contributed by atoms with Gasteiger partial charge in [0.2, 0.25) is 0 Å². The first kappa shape index (κ1) is 10.1. The van der Waals surface area contributed by atoms with Crippen molar-refractivity contribution in [2.24, 2.45) is 5.92 Å². The molecule has 0 aromatic carbocycles. The van der Waals surface area contributed by atoms with Crippen molar-refractivity contribution in [1.82, 2.24) is 4.90 Å². The summed E-state index contributed by atoms with van der Waals surface area (Å²) in [5.41, 5.74) is 0. The van der Waals surface area contributed by atoms with Gasteiger partial charge in [0, 0.05) is 32.7 Å². The number of likely N-dealkylation sites (tertiary alicyclic amines) is 1. The minimum absolute atomic E-state index is 0. The summed E-state index contributed by atoms with van der Waals surface area (Å²) < 4.78 is 0. The third-order valence-corrected chi connectivity index (χ3v) is 1.86. The van der Waals surface area contributed by atoms with Gasteiger partial charge >= 0.3 is 0 Å². The summed E-state index contributed by atoms with van der Waals surface area (Å²) in [6.07, 6.45) is 1.33. The summed E-state index contributed by atoms with van der Waals surface area (Å²) in [5, 5.41) is 0. The summed E-state index contributed by atoms with van der Waals surface area (Å²) in [7, 11) is 2.17. The fourth-order valence-corrected chi connectivity index (χ4v) is 1.19. The molecular formula is C7H14NY-. The predicted octanol–water partition coefficient (Wildman–Crippen LogP) is 1.51. The number of hydrogen-bond acceptors (Lipinski definition) is 1. The van der Waals surface area contributed by atoms with Crippen LogP contribution in [0.3, 0.4) is 0 Å². The average Bonchev–Trinajstić information content (AvgIpc) is 1.61. The maximum atomic E-state index is 2.34. The standard InChI is InChI=1S/C7H14N.Y/c1-6(2)7-4-5-8(7)3;/h6H,4-5H2,1-3H3;/q-1;. The summed E-state index contributed by atoms with van der Waals surface area (Å²) in [4.78, 5) is 2.34. The Balaban J connectivity index is 0.000000640. The van der Waals surface area contributed by atoms with Crippen molar-refractivity contribution in [2.75, 3.05) is 13.6 Å². The van der Waals surface area contributed by atoms with Gasteiger partial charge in [0.1, 0.15) is 0 Å². The second kappa shape index (κ2) is 4.05. The van der Waals surface area contributed by atoms with E-state index in [-0.39, 0.29) is 32.7 Å². The summed E-state index contributed by atoms with van der Waals surface area (Å²) in [6.45, 7) is 5.78. The van der Waals surface area contributed by atoms with E-state index in [1.54, 1.807) is 6.04 Å². The molecule has 0 saturated carbocycles. The molecule has 0 atom stereocenters. The van der Waals surface area contributed by atoms with Gasteiger partial charge in [-0.3, -0.25) is 0 Å². The van der Waals surface area contributed by atoms with Gasteiger partial charge in [-0.1, -0.05) is 20.4 Å². The molecule has 1 rings (SSSR count). The molecule has 0 bridgehead atoms. The van der Waals surface area contributed by atoms with Crippen molar-refractivity contribution >= 4 is 0 Å². The Morgan fingerprint density at radius 1 is 1.44 bits per heavy atom. The van der Waals surface area contributed by atoms with Crippen LogP contribution in [-0.4, -0.2) is 18.5 Å². The van der Waals surface area contributed by atoms with Gasteiger partial charge in [-0.25, -0.2) is 6.04 Å². The zero-order chi connectivity index (χ0) is 6.15. The Bertz CT molecular complexity index is 78.2. The molecule has 0 aromatic rings. The quantitative estimate of drug-likeness (QED) is 0.581. The largest absolute Gasteiger partial charge is 0.458 e. The van der Waals surface area contributed by atoms with Crippen LogP contribution in [0.5, 0.6) is 0 Å². The molecule has 1 heterocycles. The summed E-state index contributed by atoms with van der Waals surface area (Å²) >= 11 is 0. The molecule has 1 nitrogen and oxygen atoms in total. The summed E-state index contributed by atoms with van der Waals surface area (Å²) in [6, 6.07) is 1.62. The van der Waals surface area contributed by atoms with Crippen LogP contribution in [0.4, 0.5) is 0 Å². The fraction of sp³-hybridized carbons (Fsp3) is 0.857.